The molecule has 0 bridgehead atoms. The lowest BCUT2D eigenvalue weighted by atomic mass is 9.90. The van der Waals surface area contributed by atoms with Crippen LogP contribution in [0.1, 0.15) is 40.5 Å². The summed E-state index contributed by atoms with van der Waals surface area (Å²) in [4.78, 5) is 27.6. The number of carbonyl (C=O) groups is 1. The predicted molar refractivity (Wildman–Crippen MR) is 109 cm³/mol. The van der Waals surface area contributed by atoms with Crippen molar-refractivity contribution in [3.8, 4) is 0 Å². The van der Waals surface area contributed by atoms with Gasteiger partial charge in [0.2, 0.25) is 0 Å². The molecular formula is C22H23N5O. The van der Waals surface area contributed by atoms with Crippen LogP contribution in [0.2, 0.25) is 0 Å². The number of carbonyl (C=O) groups excluding carboxylic acids is 1. The van der Waals surface area contributed by atoms with Crippen LogP contribution >= 0.6 is 0 Å². The minimum absolute atomic E-state index is 0.0226. The van der Waals surface area contributed by atoms with Crippen molar-refractivity contribution < 1.29 is 4.79 Å². The van der Waals surface area contributed by atoms with Crippen molar-refractivity contribution in [2.24, 2.45) is 0 Å². The van der Waals surface area contributed by atoms with Crippen molar-refractivity contribution in [3.63, 3.8) is 0 Å². The van der Waals surface area contributed by atoms with Crippen LogP contribution in [0.15, 0.2) is 60.9 Å². The maximum atomic E-state index is 12.7. The Morgan fingerprint density at radius 3 is 2.57 bits per heavy atom. The number of hydrogen-bond donors (Lipinski definition) is 1. The molecule has 6 nitrogen and oxygen atoms in total. The van der Waals surface area contributed by atoms with E-state index < -0.39 is 0 Å². The van der Waals surface area contributed by atoms with E-state index in [0.717, 1.165) is 43.3 Å². The van der Waals surface area contributed by atoms with Gasteiger partial charge in [-0.1, -0.05) is 12.1 Å². The van der Waals surface area contributed by atoms with Gasteiger partial charge in [0, 0.05) is 31.2 Å². The highest BCUT2D eigenvalue weighted by molar-refractivity contribution is 5.92. The van der Waals surface area contributed by atoms with Gasteiger partial charge in [0.05, 0.1) is 0 Å². The Labute approximate surface area is 164 Å². The number of pyridine rings is 3. The first-order valence-electron chi connectivity index (χ1n) is 9.56. The molecule has 1 N–H and O–H groups in total. The first kappa shape index (κ1) is 18.1. The molecule has 0 spiro atoms. The number of piperidine rings is 1. The van der Waals surface area contributed by atoms with E-state index in [1.807, 2.05) is 48.4 Å². The lowest BCUT2D eigenvalue weighted by Gasteiger charge is -2.32. The summed E-state index contributed by atoms with van der Waals surface area (Å²) in [5.74, 6) is 2.01. The van der Waals surface area contributed by atoms with Gasteiger partial charge in [0.15, 0.2) is 0 Å². The second-order valence-electron chi connectivity index (χ2n) is 7.05. The van der Waals surface area contributed by atoms with Gasteiger partial charge in [0.25, 0.3) is 5.91 Å². The number of amides is 1. The van der Waals surface area contributed by atoms with E-state index in [1.165, 1.54) is 5.56 Å². The van der Waals surface area contributed by atoms with Crippen LogP contribution in [0.3, 0.4) is 0 Å². The minimum atomic E-state index is 0.0226. The normalized spacial score (nSPS) is 14.7. The van der Waals surface area contributed by atoms with E-state index in [1.54, 1.807) is 12.3 Å². The molecule has 0 unspecified atom stereocenters. The molecule has 142 valence electrons. The van der Waals surface area contributed by atoms with Gasteiger partial charge in [-0.05, 0) is 67.6 Å². The Morgan fingerprint density at radius 1 is 1.00 bits per heavy atom. The van der Waals surface area contributed by atoms with Gasteiger partial charge >= 0.3 is 0 Å². The fourth-order valence-corrected chi connectivity index (χ4v) is 3.58. The molecule has 0 saturated carbocycles. The number of nitrogens with zero attached hydrogens (tertiary/aromatic N) is 4. The molecule has 3 aromatic rings. The first-order valence-corrected chi connectivity index (χ1v) is 9.56. The van der Waals surface area contributed by atoms with E-state index in [-0.39, 0.29) is 5.91 Å². The summed E-state index contributed by atoms with van der Waals surface area (Å²) in [6, 6.07) is 15.5. The molecule has 3 aromatic heterocycles. The summed E-state index contributed by atoms with van der Waals surface area (Å²) in [7, 11) is 0. The maximum Gasteiger partial charge on any atom is 0.272 e. The van der Waals surface area contributed by atoms with Crippen molar-refractivity contribution >= 4 is 17.5 Å². The Kier molecular flexibility index (Phi) is 5.28. The van der Waals surface area contributed by atoms with Crippen LogP contribution in [0.25, 0.3) is 0 Å². The number of nitrogens with one attached hydrogen (secondary N) is 1. The van der Waals surface area contributed by atoms with Crippen LogP contribution in [0.4, 0.5) is 11.6 Å². The molecule has 1 fully saturated rings. The Hall–Kier alpha value is -3.28. The van der Waals surface area contributed by atoms with Crippen molar-refractivity contribution in [3.05, 3.63) is 77.9 Å². The second kappa shape index (κ2) is 8.17. The number of rotatable bonds is 4. The Balaban J connectivity index is 1.40. The number of aromatic nitrogens is 3. The second-order valence-corrected chi connectivity index (χ2v) is 7.05. The average molecular weight is 373 g/mol. The van der Waals surface area contributed by atoms with E-state index in [2.05, 4.69) is 32.4 Å². The molecule has 0 aromatic carbocycles. The standard InChI is InChI=1S/C22H23N5O/c1-16-5-4-6-19(25-16)22(28)27-13-9-17(10-14-27)18-8-12-24-21(15-18)26-20-7-2-3-11-23-20/h2-8,11-12,15,17H,9-10,13-14H2,1H3,(H,23,24,26). The highest BCUT2D eigenvalue weighted by atomic mass is 16.2. The monoisotopic (exact) mass is 373 g/mol. The zero-order valence-electron chi connectivity index (χ0n) is 15.9. The van der Waals surface area contributed by atoms with E-state index in [0.29, 0.717) is 11.6 Å². The van der Waals surface area contributed by atoms with Crippen LogP contribution in [0, 0.1) is 6.92 Å². The van der Waals surface area contributed by atoms with Gasteiger partial charge in [-0.3, -0.25) is 4.79 Å². The van der Waals surface area contributed by atoms with E-state index >= 15 is 0 Å². The van der Waals surface area contributed by atoms with Crippen LogP contribution in [-0.2, 0) is 0 Å². The van der Waals surface area contributed by atoms with Crippen molar-refractivity contribution in [2.45, 2.75) is 25.7 Å². The summed E-state index contributed by atoms with van der Waals surface area (Å²) in [5, 5.41) is 3.24. The predicted octanol–water partition coefficient (Wildman–Crippen LogP) is 3.94. The first-order chi connectivity index (χ1) is 13.7. The zero-order valence-corrected chi connectivity index (χ0v) is 15.9. The molecule has 28 heavy (non-hydrogen) atoms. The SMILES string of the molecule is Cc1cccc(C(=O)N2CCC(c3ccnc(Nc4ccccn4)c3)CC2)n1. The molecule has 1 amide bonds. The fourth-order valence-electron chi connectivity index (χ4n) is 3.58. The maximum absolute atomic E-state index is 12.7. The number of anilines is 2. The molecule has 1 aliphatic heterocycles. The molecule has 6 heteroatoms. The molecule has 0 atom stereocenters. The molecule has 0 aliphatic carbocycles. The Bertz CT molecular complexity index is 952. The molecule has 0 radical (unpaired) electrons. The topological polar surface area (TPSA) is 71.0 Å². The summed E-state index contributed by atoms with van der Waals surface area (Å²) in [5.41, 5.74) is 2.64. The molecular weight excluding hydrogens is 350 g/mol. The summed E-state index contributed by atoms with van der Waals surface area (Å²) >= 11 is 0. The molecule has 1 saturated heterocycles. The van der Waals surface area contributed by atoms with Gasteiger partial charge in [-0.15, -0.1) is 0 Å². The zero-order chi connectivity index (χ0) is 19.3. The third kappa shape index (κ3) is 4.17. The van der Waals surface area contributed by atoms with Crippen molar-refractivity contribution in [1.82, 2.24) is 19.9 Å². The van der Waals surface area contributed by atoms with Gasteiger partial charge in [-0.2, -0.15) is 0 Å². The quantitative estimate of drug-likeness (QED) is 0.750. The van der Waals surface area contributed by atoms with Crippen LogP contribution in [-0.4, -0.2) is 38.8 Å². The van der Waals surface area contributed by atoms with Gasteiger partial charge in [-0.25, -0.2) is 15.0 Å². The van der Waals surface area contributed by atoms with Crippen LogP contribution < -0.4 is 5.32 Å². The summed E-state index contributed by atoms with van der Waals surface area (Å²) in [6.07, 6.45) is 5.45. The van der Waals surface area contributed by atoms with Crippen molar-refractivity contribution in [2.75, 3.05) is 18.4 Å². The molecule has 4 rings (SSSR count). The van der Waals surface area contributed by atoms with Crippen molar-refractivity contribution in [1.29, 1.82) is 0 Å². The smallest absolute Gasteiger partial charge is 0.272 e. The summed E-state index contributed by atoms with van der Waals surface area (Å²) < 4.78 is 0. The highest BCUT2D eigenvalue weighted by Gasteiger charge is 2.25. The fraction of sp³-hybridized carbons (Fsp3) is 0.273. The largest absolute Gasteiger partial charge is 0.337 e. The van der Waals surface area contributed by atoms with Crippen LogP contribution in [0.5, 0.6) is 0 Å². The minimum Gasteiger partial charge on any atom is -0.337 e. The van der Waals surface area contributed by atoms with Gasteiger partial charge in [0.1, 0.15) is 17.3 Å². The number of likely N-dealkylation sites (tertiary alicyclic amines) is 1. The van der Waals surface area contributed by atoms with E-state index in [4.69, 9.17) is 0 Å². The lowest BCUT2D eigenvalue weighted by Crippen LogP contribution is -2.38. The summed E-state index contributed by atoms with van der Waals surface area (Å²) in [6.45, 7) is 3.39. The third-order valence-corrected chi connectivity index (χ3v) is 5.07. The lowest BCUT2D eigenvalue weighted by molar-refractivity contribution is 0.0707. The molecule has 1 aliphatic rings. The van der Waals surface area contributed by atoms with Gasteiger partial charge < -0.3 is 10.2 Å². The van der Waals surface area contributed by atoms with E-state index in [9.17, 15) is 4.79 Å². The number of hydrogen-bond acceptors (Lipinski definition) is 5. The Morgan fingerprint density at radius 2 is 1.82 bits per heavy atom. The number of aryl methyl sites for hydroxylation is 1. The highest BCUT2D eigenvalue weighted by Crippen LogP contribution is 2.29. The molecule has 4 heterocycles. The third-order valence-electron chi connectivity index (χ3n) is 5.07. The average Bonchev–Trinajstić information content (AvgIpc) is 2.74.